The standard InChI is InChI=1S/C20H22N4O2/c1-25-20-5-3-16(13-23-20)24-19-11-15-10-18(4-2-14(15)12-22-19)26-17-6-8-21-9-7-17/h2-5,10-13,17,21H,6-9H2,1H3,(H,22,24). The van der Waals surface area contributed by atoms with Crippen molar-refractivity contribution >= 4 is 22.3 Å². The van der Waals surface area contributed by atoms with Gasteiger partial charge in [0.1, 0.15) is 17.7 Å². The highest BCUT2D eigenvalue weighted by Gasteiger charge is 2.14. The van der Waals surface area contributed by atoms with Crippen molar-refractivity contribution in [3.05, 3.63) is 48.8 Å². The molecule has 1 saturated heterocycles. The highest BCUT2D eigenvalue weighted by molar-refractivity contribution is 5.85. The number of nitrogens with zero attached hydrogens (tertiary/aromatic N) is 2. The van der Waals surface area contributed by atoms with Crippen LogP contribution in [0.3, 0.4) is 0 Å². The molecule has 26 heavy (non-hydrogen) atoms. The van der Waals surface area contributed by atoms with Crippen LogP contribution in [0.5, 0.6) is 11.6 Å². The molecule has 3 heterocycles. The number of hydrogen-bond donors (Lipinski definition) is 2. The highest BCUT2D eigenvalue weighted by atomic mass is 16.5. The molecule has 1 aromatic carbocycles. The van der Waals surface area contributed by atoms with Crippen LogP contribution in [-0.2, 0) is 0 Å². The van der Waals surface area contributed by atoms with Crippen molar-refractivity contribution in [3.63, 3.8) is 0 Å². The van der Waals surface area contributed by atoms with Gasteiger partial charge in [-0.15, -0.1) is 0 Å². The summed E-state index contributed by atoms with van der Waals surface area (Å²) in [6.07, 6.45) is 5.97. The van der Waals surface area contributed by atoms with Gasteiger partial charge in [0.2, 0.25) is 5.88 Å². The minimum Gasteiger partial charge on any atom is -0.490 e. The topological polar surface area (TPSA) is 68.3 Å². The summed E-state index contributed by atoms with van der Waals surface area (Å²) in [4.78, 5) is 8.67. The number of pyridine rings is 2. The third kappa shape index (κ3) is 3.86. The van der Waals surface area contributed by atoms with E-state index in [2.05, 4.69) is 32.7 Å². The lowest BCUT2D eigenvalue weighted by Crippen LogP contribution is -2.34. The zero-order chi connectivity index (χ0) is 17.8. The molecule has 6 nitrogen and oxygen atoms in total. The molecule has 4 rings (SSSR count). The van der Waals surface area contributed by atoms with Gasteiger partial charge in [-0.3, -0.25) is 0 Å². The monoisotopic (exact) mass is 350 g/mol. The number of anilines is 2. The zero-order valence-electron chi connectivity index (χ0n) is 14.7. The second-order valence-corrected chi connectivity index (χ2v) is 6.36. The van der Waals surface area contributed by atoms with Gasteiger partial charge in [0, 0.05) is 17.6 Å². The van der Waals surface area contributed by atoms with E-state index in [0.717, 1.165) is 54.0 Å². The molecular weight excluding hydrogens is 328 g/mol. The van der Waals surface area contributed by atoms with Crippen LogP contribution in [0.15, 0.2) is 48.8 Å². The Kier molecular flexibility index (Phi) is 4.84. The quantitative estimate of drug-likeness (QED) is 0.734. The molecule has 6 heteroatoms. The maximum atomic E-state index is 6.14. The van der Waals surface area contributed by atoms with Crippen LogP contribution in [0.25, 0.3) is 10.8 Å². The molecule has 1 aliphatic heterocycles. The first-order valence-corrected chi connectivity index (χ1v) is 8.84. The summed E-state index contributed by atoms with van der Waals surface area (Å²) in [6, 6.07) is 11.9. The van der Waals surface area contributed by atoms with Crippen LogP contribution >= 0.6 is 0 Å². The van der Waals surface area contributed by atoms with Gasteiger partial charge in [0.15, 0.2) is 0 Å². The van der Waals surface area contributed by atoms with Gasteiger partial charge in [0.25, 0.3) is 0 Å². The van der Waals surface area contributed by atoms with E-state index in [1.807, 2.05) is 30.5 Å². The molecular formula is C20H22N4O2. The molecule has 2 N–H and O–H groups in total. The van der Waals surface area contributed by atoms with Crippen LogP contribution in [-0.4, -0.2) is 36.3 Å². The van der Waals surface area contributed by atoms with E-state index >= 15 is 0 Å². The van der Waals surface area contributed by atoms with Crippen molar-refractivity contribution in [1.82, 2.24) is 15.3 Å². The van der Waals surface area contributed by atoms with Crippen molar-refractivity contribution in [2.24, 2.45) is 0 Å². The summed E-state index contributed by atoms with van der Waals surface area (Å²) in [5.74, 6) is 2.26. The summed E-state index contributed by atoms with van der Waals surface area (Å²) >= 11 is 0. The van der Waals surface area contributed by atoms with Crippen molar-refractivity contribution in [3.8, 4) is 11.6 Å². The number of rotatable bonds is 5. The minimum atomic E-state index is 0.290. The number of fused-ring (bicyclic) bond motifs is 1. The first kappa shape index (κ1) is 16.6. The number of piperidine rings is 1. The summed E-state index contributed by atoms with van der Waals surface area (Å²) in [6.45, 7) is 2.04. The molecule has 0 spiro atoms. The average molecular weight is 350 g/mol. The average Bonchev–Trinajstić information content (AvgIpc) is 2.69. The van der Waals surface area contributed by atoms with E-state index in [1.54, 1.807) is 13.3 Å². The Hall–Kier alpha value is -2.86. The van der Waals surface area contributed by atoms with Crippen LogP contribution in [0.1, 0.15) is 12.8 Å². The number of hydrogen-bond acceptors (Lipinski definition) is 6. The van der Waals surface area contributed by atoms with Crippen molar-refractivity contribution in [2.45, 2.75) is 18.9 Å². The molecule has 1 fully saturated rings. The SMILES string of the molecule is COc1ccc(Nc2cc3cc(OC4CCNCC4)ccc3cn2)cn1. The second-order valence-electron chi connectivity index (χ2n) is 6.36. The van der Waals surface area contributed by atoms with E-state index in [-0.39, 0.29) is 0 Å². The fourth-order valence-corrected chi connectivity index (χ4v) is 3.09. The Morgan fingerprint density at radius 3 is 2.65 bits per heavy atom. The van der Waals surface area contributed by atoms with Crippen LogP contribution in [0.2, 0.25) is 0 Å². The highest BCUT2D eigenvalue weighted by Crippen LogP contribution is 2.25. The van der Waals surface area contributed by atoms with Gasteiger partial charge in [-0.1, -0.05) is 0 Å². The predicted octanol–water partition coefficient (Wildman–Crippen LogP) is 3.51. The minimum absolute atomic E-state index is 0.290. The molecule has 1 aliphatic rings. The molecule has 2 aromatic heterocycles. The van der Waals surface area contributed by atoms with E-state index in [1.165, 1.54) is 0 Å². The summed E-state index contributed by atoms with van der Waals surface area (Å²) < 4.78 is 11.2. The van der Waals surface area contributed by atoms with E-state index < -0.39 is 0 Å². The van der Waals surface area contributed by atoms with Gasteiger partial charge >= 0.3 is 0 Å². The molecule has 3 aromatic rings. The van der Waals surface area contributed by atoms with Gasteiger partial charge in [-0.2, -0.15) is 0 Å². The van der Waals surface area contributed by atoms with E-state index in [4.69, 9.17) is 9.47 Å². The third-order valence-corrected chi connectivity index (χ3v) is 4.50. The smallest absolute Gasteiger partial charge is 0.213 e. The molecule has 0 saturated carbocycles. The van der Waals surface area contributed by atoms with Gasteiger partial charge in [0.05, 0.1) is 19.0 Å². The van der Waals surface area contributed by atoms with Gasteiger partial charge in [-0.05, 0) is 61.6 Å². The van der Waals surface area contributed by atoms with Gasteiger partial charge < -0.3 is 20.1 Å². The zero-order valence-corrected chi connectivity index (χ0v) is 14.7. The first-order valence-electron chi connectivity index (χ1n) is 8.84. The molecule has 0 unspecified atom stereocenters. The lowest BCUT2D eigenvalue weighted by Gasteiger charge is -2.24. The van der Waals surface area contributed by atoms with Crippen LogP contribution in [0, 0.1) is 0 Å². The Morgan fingerprint density at radius 2 is 1.88 bits per heavy atom. The molecule has 134 valence electrons. The maximum absolute atomic E-state index is 6.14. The largest absolute Gasteiger partial charge is 0.490 e. The van der Waals surface area contributed by atoms with Crippen molar-refractivity contribution in [2.75, 3.05) is 25.5 Å². The number of nitrogens with one attached hydrogen (secondary N) is 2. The van der Waals surface area contributed by atoms with Crippen molar-refractivity contribution in [1.29, 1.82) is 0 Å². The second kappa shape index (κ2) is 7.58. The fraction of sp³-hybridized carbons (Fsp3) is 0.300. The number of aromatic nitrogens is 2. The Labute approximate surface area is 152 Å². The Balaban J connectivity index is 1.52. The molecule has 0 bridgehead atoms. The summed E-state index contributed by atoms with van der Waals surface area (Å²) in [5.41, 5.74) is 0.861. The van der Waals surface area contributed by atoms with E-state index in [0.29, 0.717) is 12.0 Å². The number of benzene rings is 1. The normalized spacial score (nSPS) is 15.0. The molecule has 0 atom stereocenters. The molecule has 0 radical (unpaired) electrons. The van der Waals surface area contributed by atoms with Crippen molar-refractivity contribution < 1.29 is 9.47 Å². The van der Waals surface area contributed by atoms with E-state index in [9.17, 15) is 0 Å². The summed E-state index contributed by atoms with van der Waals surface area (Å²) in [5, 5.41) is 8.81. The maximum Gasteiger partial charge on any atom is 0.213 e. The lowest BCUT2D eigenvalue weighted by atomic mass is 10.1. The molecule has 0 amide bonds. The lowest BCUT2D eigenvalue weighted by molar-refractivity contribution is 0.162. The van der Waals surface area contributed by atoms with Crippen LogP contribution < -0.4 is 20.1 Å². The number of ether oxygens (including phenoxy) is 2. The third-order valence-electron chi connectivity index (χ3n) is 4.50. The Bertz CT molecular complexity index is 877. The predicted molar refractivity (Wildman–Crippen MR) is 102 cm³/mol. The first-order chi connectivity index (χ1) is 12.8. The van der Waals surface area contributed by atoms with Gasteiger partial charge in [-0.25, -0.2) is 9.97 Å². The number of methoxy groups -OCH3 is 1. The molecule has 0 aliphatic carbocycles. The van der Waals surface area contributed by atoms with Crippen LogP contribution in [0.4, 0.5) is 11.5 Å². The fourth-order valence-electron chi connectivity index (χ4n) is 3.09. The summed E-state index contributed by atoms with van der Waals surface area (Å²) in [7, 11) is 1.60. The Morgan fingerprint density at radius 1 is 1.00 bits per heavy atom.